The van der Waals surface area contributed by atoms with Crippen molar-refractivity contribution in [3.8, 4) is 11.5 Å². The molecule has 1 atom stereocenters. The molecule has 0 saturated heterocycles. The minimum Gasteiger partial charge on any atom is -0.454 e. The normalized spacial score (nSPS) is 13.4. The Balaban J connectivity index is 1.58. The summed E-state index contributed by atoms with van der Waals surface area (Å²) in [6, 6.07) is 12.9. The van der Waals surface area contributed by atoms with E-state index in [9.17, 15) is 4.79 Å². The van der Waals surface area contributed by atoms with Crippen molar-refractivity contribution in [3.63, 3.8) is 0 Å². The zero-order valence-electron chi connectivity index (χ0n) is 16.6. The van der Waals surface area contributed by atoms with E-state index in [1.807, 2.05) is 42.5 Å². The lowest BCUT2D eigenvalue weighted by Crippen LogP contribution is -2.40. The van der Waals surface area contributed by atoms with Crippen molar-refractivity contribution in [2.45, 2.75) is 18.9 Å². The highest BCUT2D eigenvalue weighted by Crippen LogP contribution is 2.35. The van der Waals surface area contributed by atoms with Crippen molar-refractivity contribution < 1.29 is 14.3 Å². The van der Waals surface area contributed by atoms with Crippen LogP contribution in [0.1, 0.15) is 22.7 Å². The molecule has 1 aliphatic rings. The number of nitrogens with zero attached hydrogens (tertiary/aromatic N) is 3. The first-order valence-corrected chi connectivity index (χ1v) is 9.91. The topological polar surface area (TPSA) is 90.6 Å². The molecule has 2 aromatic heterocycles. The average molecular weight is 404 g/mol. The van der Waals surface area contributed by atoms with E-state index >= 15 is 0 Å². The minimum atomic E-state index is -0.567. The first-order chi connectivity index (χ1) is 14.7. The Bertz CT molecular complexity index is 939. The van der Waals surface area contributed by atoms with Crippen LogP contribution in [0.5, 0.6) is 11.5 Å². The van der Waals surface area contributed by atoms with E-state index in [0.29, 0.717) is 24.6 Å². The summed E-state index contributed by atoms with van der Waals surface area (Å²) in [5, 5.41) is 0. The molecule has 0 fully saturated rings. The van der Waals surface area contributed by atoms with Crippen molar-refractivity contribution >= 4 is 5.91 Å². The van der Waals surface area contributed by atoms with Gasteiger partial charge in [0.05, 0.1) is 0 Å². The molecule has 0 spiro atoms. The lowest BCUT2D eigenvalue weighted by molar-refractivity contribution is -0.123. The van der Waals surface area contributed by atoms with Gasteiger partial charge in [0.1, 0.15) is 6.04 Å². The maximum absolute atomic E-state index is 12.6. The fourth-order valence-corrected chi connectivity index (χ4v) is 3.65. The van der Waals surface area contributed by atoms with Crippen LogP contribution < -0.4 is 15.2 Å². The van der Waals surface area contributed by atoms with Crippen LogP contribution in [0.15, 0.2) is 67.3 Å². The van der Waals surface area contributed by atoms with E-state index in [1.165, 1.54) is 0 Å². The Labute approximate surface area is 175 Å². The molecule has 0 aliphatic carbocycles. The van der Waals surface area contributed by atoms with Gasteiger partial charge in [-0.15, -0.1) is 0 Å². The van der Waals surface area contributed by atoms with Crippen molar-refractivity contribution in [2.24, 2.45) is 5.73 Å². The maximum Gasteiger partial charge on any atom is 0.239 e. The van der Waals surface area contributed by atoms with Gasteiger partial charge in [0, 0.05) is 37.9 Å². The molecule has 0 bridgehead atoms. The van der Waals surface area contributed by atoms with Crippen LogP contribution in [-0.2, 0) is 17.6 Å². The molecule has 1 aromatic carbocycles. The predicted octanol–water partition coefficient (Wildman–Crippen LogP) is 2.52. The number of carbonyl (C=O) groups is 1. The van der Waals surface area contributed by atoms with Gasteiger partial charge < -0.3 is 15.2 Å². The molecule has 0 radical (unpaired) electrons. The monoisotopic (exact) mass is 404 g/mol. The van der Waals surface area contributed by atoms with E-state index in [2.05, 4.69) is 14.9 Å². The number of aromatic nitrogens is 2. The highest BCUT2D eigenvalue weighted by molar-refractivity contribution is 5.81. The van der Waals surface area contributed by atoms with Crippen LogP contribution in [0.2, 0.25) is 0 Å². The van der Waals surface area contributed by atoms with E-state index in [0.717, 1.165) is 29.5 Å². The lowest BCUT2D eigenvalue weighted by atomic mass is 10.0. The van der Waals surface area contributed by atoms with Crippen LogP contribution in [0.25, 0.3) is 0 Å². The molecule has 3 aromatic rings. The molecule has 4 rings (SSSR count). The molecule has 1 aliphatic heterocycles. The van der Waals surface area contributed by atoms with Gasteiger partial charge in [-0.25, -0.2) is 0 Å². The van der Waals surface area contributed by atoms with Crippen LogP contribution in [0.3, 0.4) is 0 Å². The molecule has 7 heteroatoms. The molecule has 2 N–H and O–H groups in total. The van der Waals surface area contributed by atoms with E-state index < -0.39 is 11.9 Å². The number of benzene rings is 1. The number of amides is 1. The first kappa shape index (κ1) is 19.8. The van der Waals surface area contributed by atoms with E-state index in [4.69, 9.17) is 15.2 Å². The van der Waals surface area contributed by atoms with Gasteiger partial charge in [-0.05, 0) is 65.9 Å². The molecule has 1 amide bonds. The quantitative estimate of drug-likeness (QED) is 0.589. The minimum absolute atomic E-state index is 0.188. The summed E-state index contributed by atoms with van der Waals surface area (Å²) in [7, 11) is 0. The van der Waals surface area contributed by atoms with Crippen molar-refractivity contribution in [2.75, 3.05) is 19.9 Å². The summed E-state index contributed by atoms with van der Waals surface area (Å²) < 4.78 is 10.9. The number of ether oxygens (including phenoxy) is 2. The maximum atomic E-state index is 12.6. The van der Waals surface area contributed by atoms with Gasteiger partial charge in [-0.3, -0.25) is 19.7 Å². The average Bonchev–Trinajstić information content (AvgIpc) is 3.24. The number of rotatable bonds is 9. The molecule has 30 heavy (non-hydrogen) atoms. The fourth-order valence-electron chi connectivity index (χ4n) is 3.65. The Kier molecular flexibility index (Phi) is 6.20. The van der Waals surface area contributed by atoms with Crippen LogP contribution in [-0.4, -0.2) is 40.7 Å². The van der Waals surface area contributed by atoms with Crippen molar-refractivity contribution in [1.82, 2.24) is 14.9 Å². The summed E-state index contributed by atoms with van der Waals surface area (Å²) >= 11 is 0. The molecular weight excluding hydrogens is 380 g/mol. The van der Waals surface area contributed by atoms with Gasteiger partial charge >= 0.3 is 0 Å². The second kappa shape index (κ2) is 9.37. The second-order valence-electron chi connectivity index (χ2n) is 7.16. The lowest BCUT2D eigenvalue weighted by Gasteiger charge is -2.30. The molecule has 7 nitrogen and oxygen atoms in total. The van der Waals surface area contributed by atoms with Gasteiger partial charge in [0.2, 0.25) is 12.7 Å². The SMILES string of the molecule is NC(=O)C(c1ccc2c(c1)OCO2)N(CCc1ccncc1)CCc1ccncc1. The van der Waals surface area contributed by atoms with Crippen molar-refractivity contribution in [1.29, 1.82) is 0 Å². The molecule has 3 heterocycles. The largest absolute Gasteiger partial charge is 0.454 e. The first-order valence-electron chi connectivity index (χ1n) is 9.91. The number of hydrogen-bond donors (Lipinski definition) is 1. The summed E-state index contributed by atoms with van der Waals surface area (Å²) in [5.74, 6) is 0.933. The van der Waals surface area contributed by atoms with Crippen LogP contribution in [0, 0.1) is 0 Å². The molecule has 1 unspecified atom stereocenters. The zero-order valence-corrected chi connectivity index (χ0v) is 16.6. The molecule has 0 saturated carbocycles. The van der Waals surface area contributed by atoms with Gasteiger partial charge in [-0.2, -0.15) is 0 Å². The number of hydrogen-bond acceptors (Lipinski definition) is 6. The van der Waals surface area contributed by atoms with Gasteiger partial charge in [0.25, 0.3) is 0 Å². The van der Waals surface area contributed by atoms with Crippen LogP contribution in [0.4, 0.5) is 0 Å². The second-order valence-corrected chi connectivity index (χ2v) is 7.16. The predicted molar refractivity (Wildman–Crippen MR) is 112 cm³/mol. The smallest absolute Gasteiger partial charge is 0.239 e. The Morgan fingerprint density at radius 2 is 1.47 bits per heavy atom. The Morgan fingerprint density at radius 3 is 2.03 bits per heavy atom. The summed E-state index contributed by atoms with van der Waals surface area (Å²) in [6.45, 7) is 1.54. The molecular formula is C23H24N4O3. The number of fused-ring (bicyclic) bond motifs is 1. The van der Waals surface area contributed by atoms with E-state index in [-0.39, 0.29) is 6.79 Å². The summed E-state index contributed by atoms with van der Waals surface area (Å²) in [6.07, 6.45) is 8.68. The molecule has 154 valence electrons. The van der Waals surface area contributed by atoms with Gasteiger partial charge in [0.15, 0.2) is 11.5 Å². The Hall–Kier alpha value is -3.45. The third-order valence-corrected chi connectivity index (χ3v) is 5.22. The highest BCUT2D eigenvalue weighted by atomic mass is 16.7. The number of primary amides is 1. The number of pyridine rings is 2. The standard InChI is InChI=1S/C23H24N4O3/c24-23(28)22(19-1-2-20-21(15-19)30-16-29-20)27(13-7-17-3-9-25-10-4-17)14-8-18-5-11-26-12-6-18/h1-6,9-12,15,22H,7-8,13-14,16H2,(H2,24,28). The fraction of sp³-hybridized carbons (Fsp3) is 0.261. The summed E-state index contributed by atoms with van der Waals surface area (Å²) in [5.41, 5.74) is 9.00. The third kappa shape index (κ3) is 4.75. The summed E-state index contributed by atoms with van der Waals surface area (Å²) in [4.78, 5) is 22.8. The highest BCUT2D eigenvalue weighted by Gasteiger charge is 2.27. The number of carbonyl (C=O) groups excluding carboxylic acids is 1. The third-order valence-electron chi connectivity index (χ3n) is 5.22. The van der Waals surface area contributed by atoms with Crippen LogP contribution >= 0.6 is 0 Å². The van der Waals surface area contributed by atoms with Crippen molar-refractivity contribution in [3.05, 3.63) is 83.9 Å². The Morgan fingerprint density at radius 1 is 0.900 bits per heavy atom. The van der Waals surface area contributed by atoms with E-state index in [1.54, 1.807) is 24.8 Å². The zero-order chi connectivity index (χ0) is 20.8. The van der Waals surface area contributed by atoms with Gasteiger partial charge in [-0.1, -0.05) is 6.07 Å². The number of nitrogens with two attached hydrogens (primary N) is 1.